The number of fused-ring (bicyclic) bond motifs is 1. The van der Waals surface area contributed by atoms with Gasteiger partial charge in [-0.3, -0.25) is 4.79 Å². The van der Waals surface area contributed by atoms with Gasteiger partial charge in [0.1, 0.15) is 11.8 Å². The summed E-state index contributed by atoms with van der Waals surface area (Å²) in [4.78, 5) is 18.5. The number of allylic oxidation sites excluding steroid dienone is 1. The van der Waals surface area contributed by atoms with E-state index in [1.54, 1.807) is 18.9 Å². The van der Waals surface area contributed by atoms with Gasteiger partial charge in [0.25, 0.3) is 5.91 Å². The van der Waals surface area contributed by atoms with Crippen LogP contribution >= 0.6 is 11.8 Å². The number of rotatable bonds is 8. The lowest BCUT2D eigenvalue weighted by atomic mass is 9.94. The lowest BCUT2D eigenvalue weighted by Crippen LogP contribution is -2.31. The molecule has 3 aromatic carbocycles. The van der Waals surface area contributed by atoms with Crippen molar-refractivity contribution in [1.82, 2.24) is 14.8 Å². The zero-order valence-electron chi connectivity index (χ0n) is 22.9. The molecule has 0 aliphatic carbocycles. The van der Waals surface area contributed by atoms with Crippen LogP contribution in [0.5, 0.6) is 5.75 Å². The van der Waals surface area contributed by atoms with Gasteiger partial charge in [0.05, 0.1) is 12.7 Å². The summed E-state index contributed by atoms with van der Waals surface area (Å²) in [5.74, 6) is 1.93. The Kier molecular flexibility index (Phi) is 7.74. The summed E-state index contributed by atoms with van der Waals surface area (Å²) in [6.45, 7) is 8.28. The monoisotopic (exact) mass is 539 g/mol. The highest BCUT2D eigenvalue weighted by Gasteiger charge is 2.34. The maximum Gasteiger partial charge on any atom is 0.255 e. The third kappa shape index (κ3) is 5.71. The fourth-order valence-electron chi connectivity index (χ4n) is 4.75. The minimum atomic E-state index is -0.423. The Morgan fingerprint density at radius 2 is 1.79 bits per heavy atom. The summed E-state index contributed by atoms with van der Waals surface area (Å²) in [5, 5.41) is 11.9. The van der Waals surface area contributed by atoms with Crippen LogP contribution in [0.15, 0.2) is 83.2 Å². The Labute approximate surface area is 233 Å². The van der Waals surface area contributed by atoms with Crippen LogP contribution in [-0.4, -0.2) is 27.8 Å². The normalized spacial score (nSPS) is 14.5. The molecule has 0 fully saturated rings. The average molecular weight is 540 g/mol. The van der Waals surface area contributed by atoms with Gasteiger partial charge in [-0.05, 0) is 73.7 Å². The summed E-state index contributed by atoms with van der Waals surface area (Å²) in [6.07, 6.45) is 0.944. The Balaban J connectivity index is 1.47. The first-order valence-electron chi connectivity index (χ1n) is 13.0. The molecule has 4 aromatic rings. The van der Waals surface area contributed by atoms with Gasteiger partial charge in [0.15, 0.2) is 0 Å². The second-order valence-corrected chi connectivity index (χ2v) is 10.7. The van der Waals surface area contributed by atoms with Crippen LogP contribution in [0.1, 0.15) is 47.7 Å². The Bertz CT molecular complexity index is 1520. The van der Waals surface area contributed by atoms with Crippen LogP contribution in [-0.2, 0) is 17.0 Å². The SMILES string of the molecule is CCc1ccc([C@@H]2C(C(=O)Nc3ccc(OC)cc3)=C(C)Nc3nc(SCc4ccc(C)cc4C)nn32)cc1. The van der Waals surface area contributed by atoms with Gasteiger partial charge in [0, 0.05) is 17.1 Å². The molecule has 1 atom stereocenters. The maximum absolute atomic E-state index is 13.7. The van der Waals surface area contributed by atoms with Gasteiger partial charge in [-0.25, -0.2) is 4.68 Å². The molecule has 0 unspecified atom stereocenters. The quantitative estimate of drug-likeness (QED) is 0.243. The molecule has 5 rings (SSSR count). The highest BCUT2D eigenvalue weighted by molar-refractivity contribution is 7.98. The van der Waals surface area contributed by atoms with E-state index in [2.05, 4.69) is 73.9 Å². The van der Waals surface area contributed by atoms with Crippen LogP contribution in [0.25, 0.3) is 0 Å². The third-order valence-electron chi connectivity index (χ3n) is 6.98. The number of benzene rings is 3. The van der Waals surface area contributed by atoms with E-state index in [1.807, 2.05) is 35.9 Å². The molecule has 1 aliphatic heterocycles. The number of nitrogens with zero attached hydrogens (tertiary/aromatic N) is 3. The predicted octanol–water partition coefficient (Wildman–Crippen LogP) is 6.69. The molecule has 7 nitrogen and oxygen atoms in total. The van der Waals surface area contributed by atoms with Crippen molar-refractivity contribution in [3.63, 3.8) is 0 Å². The number of nitrogens with one attached hydrogen (secondary N) is 2. The second kappa shape index (κ2) is 11.4. The first-order chi connectivity index (χ1) is 18.9. The van der Waals surface area contributed by atoms with Crippen molar-refractivity contribution in [2.45, 2.75) is 51.1 Å². The molecule has 200 valence electrons. The van der Waals surface area contributed by atoms with Gasteiger partial charge < -0.3 is 15.4 Å². The zero-order valence-corrected chi connectivity index (χ0v) is 23.7. The minimum Gasteiger partial charge on any atom is -0.497 e. The van der Waals surface area contributed by atoms with Gasteiger partial charge in [-0.15, -0.1) is 5.10 Å². The molecule has 0 radical (unpaired) electrons. The standard InChI is InChI=1S/C31H33N5O2S/c1-6-22-8-11-23(12-9-22)28-27(29(37)33-25-13-15-26(38-5)16-14-25)21(4)32-30-34-31(35-36(28)30)39-18-24-10-7-19(2)17-20(24)3/h7-17,28H,6,18H2,1-5H3,(H,33,37)(H,32,34,35)/t28-/m1/s1. The molecule has 1 aromatic heterocycles. The number of amides is 1. The van der Waals surface area contributed by atoms with E-state index in [0.717, 1.165) is 29.2 Å². The largest absolute Gasteiger partial charge is 0.497 e. The van der Waals surface area contributed by atoms with Crippen molar-refractivity contribution in [3.05, 3.63) is 106 Å². The smallest absolute Gasteiger partial charge is 0.255 e. The first-order valence-corrected chi connectivity index (χ1v) is 14.0. The van der Waals surface area contributed by atoms with Crippen LogP contribution in [0.4, 0.5) is 11.6 Å². The summed E-state index contributed by atoms with van der Waals surface area (Å²) in [6, 6.07) is 21.8. The predicted molar refractivity (Wildman–Crippen MR) is 157 cm³/mol. The first kappa shape index (κ1) is 26.6. The second-order valence-electron chi connectivity index (χ2n) is 9.73. The van der Waals surface area contributed by atoms with Crippen LogP contribution < -0.4 is 15.4 Å². The van der Waals surface area contributed by atoms with E-state index >= 15 is 0 Å². The van der Waals surface area contributed by atoms with E-state index in [0.29, 0.717) is 22.4 Å². The number of anilines is 2. The number of hydrogen-bond acceptors (Lipinski definition) is 6. The molecule has 8 heteroatoms. The molecule has 0 saturated heterocycles. The summed E-state index contributed by atoms with van der Waals surface area (Å²) in [5.41, 5.74) is 8.01. The van der Waals surface area contributed by atoms with Crippen LogP contribution in [0.3, 0.4) is 0 Å². The number of carbonyl (C=O) groups excluding carboxylic acids is 1. The number of thioether (sulfide) groups is 1. The molecular weight excluding hydrogens is 506 g/mol. The van der Waals surface area contributed by atoms with Gasteiger partial charge in [-0.2, -0.15) is 4.98 Å². The Morgan fingerprint density at radius 3 is 2.46 bits per heavy atom. The van der Waals surface area contributed by atoms with E-state index in [-0.39, 0.29) is 5.91 Å². The number of ether oxygens (including phenoxy) is 1. The fourth-order valence-corrected chi connectivity index (χ4v) is 5.66. The van der Waals surface area contributed by atoms with Gasteiger partial charge in [-0.1, -0.05) is 66.7 Å². The van der Waals surface area contributed by atoms with Crippen molar-refractivity contribution >= 4 is 29.3 Å². The summed E-state index contributed by atoms with van der Waals surface area (Å²) >= 11 is 1.59. The highest BCUT2D eigenvalue weighted by Crippen LogP contribution is 2.37. The van der Waals surface area contributed by atoms with Gasteiger partial charge >= 0.3 is 0 Å². The molecular formula is C31H33N5O2S. The molecule has 0 saturated carbocycles. The van der Waals surface area contributed by atoms with E-state index in [4.69, 9.17) is 14.8 Å². The Morgan fingerprint density at radius 1 is 1.05 bits per heavy atom. The van der Waals surface area contributed by atoms with Crippen molar-refractivity contribution < 1.29 is 9.53 Å². The zero-order chi connectivity index (χ0) is 27.5. The minimum absolute atomic E-state index is 0.194. The average Bonchev–Trinajstić information content (AvgIpc) is 3.34. The summed E-state index contributed by atoms with van der Waals surface area (Å²) < 4.78 is 7.08. The van der Waals surface area contributed by atoms with Crippen molar-refractivity contribution in [3.8, 4) is 5.75 Å². The van der Waals surface area contributed by atoms with E-state index in [1.165, 1.54) is 22.3 Å². The Hall–Kier alpha value is -4.04. The maximum atomic E-state index is 13.7. The fraction of sp³-hybridized carbons (Fsp3) is 0.258. The number of methoxy groups -OCH3 is 1. The molecule has 1 amide bonds. The number of carbonyl (C=O) groups is 1. The molecule has 1 aliphatic rings. The van der Waals surface area contributed by atoms with Crippen molar-refractivity contribution in [2.24, 2.45) is 0 Å². The molecule has 0 bridgehead atoms. The van der Waals surface area contributed by atoms with Crippen LogP contribution in [0.2, 0.25) is 0 Å². The third-order valence-corrected chi connectivity index (χ3v) is 7.87. The number of aryl methyl sites for hydroxylation is 3. The molecule has 39 heavy (non-hydrogen) atoms. The van der Waals surface area contributed by atoms with Crippen molar-refractivity contribution in [2.75, 3.05) is 17.7 Å². The molecule has 0 spiro atoms. The summed E-state index contributed by atoms with van der Waals surface area (Å²) in [7, 11) is 1.62. The molecule has 2 heterocycles. The van der Waals surface area contributed by atoms with Crippen molar-refractivity contribution in [1.29, 1.82) is 0 Å². The van der Waals surface area contributed by atoms with Gasteiger partial charge in [0.2, 0.25) is 11.1 Å². The van der Waals surface area contributed by atoms with E-state index < -0.39 is 6.04 Å². The number of aromatic nitrogens is 3. The van der Waals surface area contributed by atoms with Crippen LogP contribution in [0, 0.1) is 13.8 Å². The topological polar surface area (TPSA) is 81.1 Å². The van der Waals surface area contributed by atoms with E-state index in [9.17, 15) is 4.79 Å². The lowest BCUT2D eigenvalue weighted by molar-refractivity contribution is -0.113. The molecule has 2 N–H and O–H groups in total. The highest BCUT2D eigenvalue weighted by atomic mass is 32.2. The lowest BCUT2D eigenvalue weighted by Gasteiger charge is -2.28. The number of hydrogen-bond donors (Lipinski definition) is 2.